The minimum absolute atomic E-state index is 0.142. The van der Waals surface area contributed by atoms with E-state index in [0.717, 1.165) is 5.69 Å². The molecule has 6 nitrogen and oxygen atoms in total. The number of carboxylic acids is 1. The average molecular weight is 335 g/mol. The number of carbonyl (C=O) groups is 2. The third kappa shape index (κ3) is 3.28. The maximum Gasteiger partial charge on any atom is 0.339 e. The Morgan fingerprint density at radius 3 is 2.44 bits per heavy atom. The predicted octanol–water partition coefficient (Wildman–Crippen LogP) is 3.50. The Morgan fingerprint density at radius 2 is 1.80 bits per heavy atom. The SMILES string of the molecule is CC(=O)Nc1cccc(-c2nn(-c3ccccc3)c(C)c2C(=O)O)c1. The van der Waals surface area contributed by atoms with Crippen LogP contribution in [0.2, 0.25) is 0 Å². The van der Waals surface area contributed by atoms with Gasteiger partial charge in [-0.1, -0.05) is 30.3 Å². The lowest BCUT2D eigenvalue weighted by Crippen LogP contribution is -2.05. The van der Waals surface area contributed by atoms with Crippen LogP contribution >= 0.6 is 0 Å². The van der Waals surface area contributed by atoms with Crippen molar-refractivity contribution in [1.82, 2.24) is 9.78 Å². The van der Waals surface area contributed by atoms with Gasteiger partial charge >= 0.3 is 5.97 Å². The minimum Gasteiger partial charge on any atom is -0.478 e. The number of aromatic nitrogens is 2. The van der Waals surface area contributed by atoms with Gasteiger partial charge in [-0.3, -0.25) is 4.79 Å². The van der Waals surface area contributed by atoms with E-state index in [0.29, 0.717) is 22.6 Å². The van der Waals surface area contributed by atoms with Crippen molar-refractivity contribution in [2.45, 2.75) is 13.8 Å². The quantitative estimate of drug-likeness (QED) is 0.764. The van der Waals surface area contributed by atoms with Gasteiger partial charge in [0.25, 0.3) is 0 Å². The number of nitrogens with zero attached hydrogens (tertiary/aromatic N) is 2. The summed E-state index contributed by atoms with van der Waals surface area (Å²) in [6.07, 6.45) is 0. The van der Waals surface area contributed by atoms with E-state index >= 15 is 0 Å². The summed E-state index contributed by atoms with van der Waals surface area (Å²) in [6.45, 7) is 3.15. The van der Waals surface area contributed by atoms with Crippen molar-refractivity contribution in [2.75, 3.05) is 5.32 Å². The molecule has 0 aliphatic rings. The molecule has 0 radical (unpaired) electrons. The van der Waals surface area contributed by atoms with E-state index in [4.69, 9.17) is 0 Å². The zero-order valence-corrected chi connectivity index (χ0v) is 13.9. The summed E-state index contributed by atoms with van der Waals surface area (Å²) in [5.41, 5.74) is 3.05. The van der Waals surface area contributed by atoms with Crippen molar-refractivity contribution < 1.29 is 14.7 Å². The molecule has 1 aromatic heterocycles. The summed E-state index contributed by atoms with van der Waals surface area (Å²) < 4.78 is 1.61. The van der Waals surface area contributed by atoms with Crippen LogP contribution in [0, 0.1) is 6.92 Å². The molecule has 6 heteroatoms. The van der Waals surface area contributed by atoms with Crippen molar-refractivity contribution in [3.63, 3.8) is 0 Å². The Balaban J connectivity index is 2.16. The fourth-order valence-corrected chi connectivity index (χ4v) is 2.73. The van der Waals surface area contributed by atoms with Crippen LogP contribution in [0.25, 0.3) is 16.9 Å². The first-order valence-corrected chi connectivity index (χ1v) is 7.73. The van der Waals surface area contributed by atoms with E-state index in [1.807, 2.05) is 30.3 Å². The third-order valence-corrected chi connectivity index (χ3v) is 3.79. The molecule has 0 unspecified atom stereocenters. The van der Waals surface area contributed by atoms with E-state index in [2.05, 4.69) is 10.4 Å². The van der Waals surface area contributed by atoms with Gasteiger partial charge in [0, 0.05) is 18.2 Å². The van der Waals surface area contributed by atoms with Gasteiger partial charge in [-0.25, -0.2) is 9.48 Å². The molecule has 0 atom stereocenters. The summed E-state index contributed by atoms with van der Waals surface area (Å²) in [5, 5.41) is 16.9. The van der Waals surface area contributed by atoms with E-state index in [9.17, 15) is 14.7 Å². The van der Waals surface area contributed by atoms with Crippen LogP contribution in [0.3, 0.4) is 0 Å². The zero-order chi connectivity index (χ0) is 18.0. The molecule has 1 heterocycles. The lowest BCUT2D eigenvalue weighted by molar-refractivity contribution is -0.114. The van der Waals surface area contributed by atoms with Crippen molar-refractivity contribution in [2.24, 2.45) is 0 Å². The highest BCUT2D eigenvalue weighted by molar-refractivity contribution is 5.97. The number of amides is 1. The van der Waals surface area contributed by atoms with Gasteiger partial charge in [-0.05, 0) is 31.2 Å². The monoisotopic (exact) mass is 335 g/mol. The second-order valence-corrected chi connectivity index (χ2v) is 5.62. The fraction of sp³-hybridized carbons (Fsp3) is 0.105. The van der Waals surface area contributed by atoms with Crippen LogP contribution in [-0.2, 0) is 4.79 Å². The Morgan fingerprint density at radius 1 is 1.08 bits per heavy atom. The molecular weight excluding hydrogens is 318 g/mol. The first-order chi connectivity index (χ1) is 12.0. The lowest BCUT2D eigenvalue weighted by Gasteiger charge is -2.05. The van der Waals surface area contributed by atoms with E-state index in [1.165, 1.54) is 6.92 Å². The van der Waals surface area contributed by atoms with E-state index < -0.39 is 5.97 Å². The molecule has 0 aliphatic carbocycles. The second-order valence-electron chi connectivity index (χ2n) is 5.62. The fourth-order valence-electron chi connectivity index (χ4n) is 2.73. The molecule has 0 aliphatic heterocycles. The van der Waals surface area contributed by atoms with Crippen LogP contribution in [0.5, 0.6) is 0 Å². The Bertz CT molecular complexity index is 946. The van der Waals surface area contributed by atoms with Crippen molar-refractivity contribution in [3.05, 3.63) is 65.9 Å². The molecule has 0 bridgehead atoms. The number of benzene rings is 2. The molecule has 0 spiro atoms. The first kappa shape index (κ1) is 16.4. The first-order valence-electron chi connectivity index (χ1n) is 7.73. The number of anilines is 1. The Hall–Kier alpha value is -3.41. The third-order valence-electron chi connectivity index (χ3n) is 3.79. The molecule has 2 aromatic carbocycles. The summed E-state index contributed by atoms with van der Waals surface area (Å²) in [7, 11) is 0. The number of rotatable bonds is 4. The number of para-hydroxylation sites is 1. The summed E-state index contributed by atoms with van der Waals surface area (Å²) in [6, 6.07) is 16.3. The lowest BCUT2D eigenvalue weighted by atomic mass is 10.1. The van der Waals surface area contributed by atoms with Crippen molar-refractivity contribution in [1.29, 1.82) is 0 Å². The molecule has 0 fully saturated rings. The maximum atomic E-state index is 11.8. The molecule has 0 saturated carbocycles. The minimum atomic E-state index is -1.04. The number of aromatic carboxylic acids is 1. The highest BCUT2D eigenvalue weighted by atomic mass is 16.4. The van der Waals surface area contributed by atoms with Gasteiger partial charge in [0.2, 0.25) is 5.91 Å². The maximum absolute atomic E-state index is 11.8. The molecule has 3 aromatic rings. The highest BCUT2D eigenvalue weighted by Gasteiger charge is 2.22. The van der Waals surface area contributed by atoms with Crippen LogP contribution in [0.4, 0.5) is 5.69 Å². The number of nitrogens with one attached hydrogen (secondary N) is 1. The predicted molar refractivity (Wildman–Crippen MR) is 95.0 cm³/mol. The average Bonchev–Trinajstić information content (AvgIpc) is 2.93. The normalized spacial score (nSPS) is 10.5. The molecule has 3 rings (SSSR count). The van der Waals surface area contributed by atoms with Crippen LogP contribution < -0.4 is 5.32 Å². The van der Waals surface area contributed by atoms with Gasteiger partial charge in [-0.15, -0.1) is 0 Å². The number of hydrogen-bond acceptors (Lipinski definition) is 3. The molecule has 1 amide bonds. The molecular formula is C19H17N3O3. The van der Waals surface area contributed by atoms with Crippen LogP contribution in [0.15, 0.2) is 54.6 Å². The topological polar surface area (TPSA) is 84.2 Å². The van der Waals surface area contributed by atoms with Crippen molar-refractivity contribution in [3.8, 4) is 16.9 Å². The van der Waals surface area contributed by atoms with Crippen molar-refractivity contribution >= 4 is 17.6 Å². The standard InChI is InChI=1S/C19H17N3O3/c1-12-17(19(24)25)18(21-22(12)16-9-4-3-5-10-16)14-7-6-8-15(11-14)20-13(2)23/h3-11H,1-2H3,(H,20,23)(H,24,25). The smallest absolute Gasteiger partial charge is 0.339 e. The highest BCUT2D eigenvalue weighted by Crippen LogP contribution is 2.29. The number of carbonyl (C=O) groups excluding carboxylic acids is 1. The Kier molecular flexibility index (Phi) is 4.35. The van der Waals surface area contributed by atoms with Gasteiger partial charge in [0.05, 0.1) is 11.4 Å². The number of carboxylic acid groups (broad SMARTS) is 1. The second kappa shape index (κ2) is 6.60. The molecule has 0 saturated heterocycles. The number of hydrogen-bond donors (Lipinski definition) is 2. The van der Waals surface area contributed by atoms with Crippen LogP contribution in [0.1, 0.15) is 23.0 Å². The molecule has 25 heavy (non-hydrogen) atoms. The summed E-state index contributed by atoms with van der Waals surface area (Å²) >= 11 is 0. The van der Waals surface area contributed by atoms with Crippen LogP contribution in [-0.4, -0.2) is 26.8 Å². The van der Waals surface area contributed by atoms with Gasteiger partial charge in [0.15, 0.2) is 0 Å². The molecule has 2 N–H and O–H groups in total. The Labute approximate surface area is 144 Å². The summed E-state index contributed by atoms with van der Waals surface area (Å²) in [4.78, 5) is 23.1. The largest absolute Gasteiger partial charge is 0.478 e. The zero-order valence-electron chi connectivity index (χ0n) is 13.9. The molecule has 126 valence electrons. The van der Waals surface area contributed by atoms with E-state index in [1.54, 1.807) is 35.9 Å². The van der Waals surface area contributed by atoms with E-state index in [-0.39, 0.29) is 11.5 Å². The summed E-state index contributed by atoms with van der Waals surface area (Å²) in [5.74, 6) is -1.23. The van der Waals surface area contributed by atoms with Gasteiger partial charge < -0.3 is 10.4 Å². The van der Waals surface area contributed by atoms with Gasteiger partial charge in [-0.2, -0.15) is 5.10 Å². The van der Waals surface area contributed by atoms with Gasteiger partial charge in [0.1, 0.15) is 11.3 Å².